The summed E-state index contributed by atoms with van der Waals surface area (Å²) in [5.41, 5.74) is 7.08. The van der Waals surface area contributed by atoms with Crippen molar-refractivity contribution in [2.24, 2.45) is 39.4 Å². The van der Waals surface area contributed by atoms with Crippen molar-refractivity contribution in [3.05, 3.63) is 22.8 Å². The predicted molar refractivity (Wildman–Crippen MR) is 131 cm³/mol. The summed E-state index contributed by atoms with van der Waals surface area (Å²) < 4.78 is 6.06. The van der Waals surface area contributed by atoms with E-state index in [4.69, 9.17) is 4.74 Å². The number of hydrogen-bond acceptors (Lipinski definition) is 1. The Morgan fingerprint density at radius 1 is 0.871 bits per heavy atom. The van der Waals surface area contributed by atoms with Gasteiger partial charge >= 0.3 is 0 Å². The highest BCUT2D eigenvalue weighted by Gasteiger charge is 2.70. The molecule has 0 aromatic heterocycles. The third-order valence-corrected chi connectivity index (χ3v) is 12.2. The Morgan fingerprint density at radius 3 is 2.32 bits per heavy atom. The lowest BCUT2D eigenvalue weighted by Gasteiger charge is -2.72. The molecular formula is C30H48O. The van der Waals surface area contributed by atoms with Gasteiger partial charge in [0.1, 0.15) is 0 Å². The van der Waals surface area contributed by atoms with E-state index >= 15 is 0 Å². The highest BCUT2D eigenvalue weighted by molar-refractivity contribution is 5.29. The van der Waals surface area contributed by atoms with Crippen LogP contribution in [0.3, 0.4) is 0 Å². The van der Waals surface area contributed by atoms with Gasteiger partial charge in [0.15, 0.2) is 0 Å². The highest BCUT2D eigenvalue weighted by atomic mass is 16.5. The Labute approximate surface area is 192 Å². The van der Waals surface area contributed by atoms with E-state index < -0.39 is 0 Å². The van der Waals surface area contributed by atoms with Gasteiger partial charge in [0.2, 0.25) is 0 Å². The minimum atomic E-state index is 0.467. The van der Waals surface area contributed by atoms with Gasteiger partial charge in [0.25, 0.3) is 0 Å². The Kier molecular flexibility index (Phi) is 5.18. The zero-order valence-corrected chi connectivity index (χ0v) is 21.6. The van der Waals surface area contributed by atoms with Crippen LogP contribution in [0.1, 0.15) is 113 Å². The molecule has 1 aliphatic heterocycles. The summed E-state index contributed by atoms with van der Waals surface area (Å²) in [5, 5.41) is 0. The fraction of sp³-hybridized carbons (Fsp3) is 0.867. The molecule has 0 bridgehead atoms. The molecule has 1 unspecified atom stereocenters. The van der Waals surface area contributed by atoms with Crippen molar-refractivity contribution in [2.45, 2.75) is 119 Å². The second-order valence-corrected chi connectivity index (χ2v) is 13.6. The number of allylic oxidation sites excluding steroid dienone is 4. The molecule has 1 heteroatoms. The molecule has 0 radical (unpaired) electrons. The summed E-state index contributed by atoms with van der Waals surface area (Å²) in [6.45, 7) is 18.7. The maximum absolute atomic E-state index is 6.06. The molecule has 0 spiro atoms. The molecule has 8 atom stereocenters. The zero-order chi connectivity index (χ0) is 22.2. The van der Waals surface area contributed by atoms with Crippen LogP contribution < -0.4 is 0 Å². The normalized spacial score (nSPS) is 52.2. The van der Waals surface area contributed by atoms with Crippen LogP contribution in [-0.4, -0.2) is 12.7 Å². The summed E-state index contributed by atoms with van der Waals surface area (Å²) >= 11 is 0. The molecule has 31 heavy (non-hydrogen) atoms. The van der Waals surface area contributed by atoms with Crippen LogP contribution in [0.4, 0.5) is 0 Å². The molecule has 4 saturated carbocycles. The molecule has 0 amide bonds. The van der Waals surface area contributed by atoms with Crippen LogP contribution in [0.15, 0.2) is 22.8 Å². The van der Waals surface area contributed by atoms with Gasteiger partial charge in [-0.1, -0.05) is 50.5 Å². The maximum Gasteiger partial charge on any atom is 0.0654 e. The first-order chi connectivity index (χ1) is 14.6. The van der Waals surface area contributed by atoms with Crippen LogP contribution in [0.25, 0.3) is 0 Å². The molecule has 1 heterocycles. The maximum atomic E-state index is 6.06. The largest absolute Gasteiger partial charge is 0.377 e. The molecule has 4 aliphatic carbocycles. The third kappa shape index (κ3) is 2.90. The van der Waals surface area contributed by atoms with E-state index in [2.05, 4.69) is 54.5 Å². The van der Waals surface area contributed by atoms with E-state index in [1.807, 2.05) is 5.57 Å². The Balaban J connectivity index is 1.44. The fourth-order valence-electron chi connectivity index (χ4n) is 10.2. The van der Waals surface area contributed by atoms with E-state index in [9.17, 15) is 0 Å². The third-order valence-electron chi connectivity index (χ3n) is 12.2. The number of fused-ring (bicyclic) bond motifs is 7. The first-order valence-electron chi connectivity index (χ1n) is 13.5. The summed E-state index contributed by atoms with van der Waals surface area (Å²) in [5.74, 6) is 2.64. The van der Waals surface area contributed by atoms with Gasteiger partial charge < -0.3 is 4.74 Å². The first-order valence-corrected chi connectivity index (χ1v) is 13.5. The topological polar surface area (TPSA) is 9.23 Å². The van der Waals surface area contributed by atoms with Crippen LogP contribution in [0.5, 0.6) is 0 Å². The molecule has 5 fully saturated rings. The van der Waals surface area contributed by atoms with Crippen LogP contribution >= 0.6 is 0 Å². The quantitative estimate of drug-likeness (QED) is 0.413. The second-order valence-electron chi connectivity index (χ2n) is 13.6. The minimum Gasteiger partial charge on any atom is -0.377 e. The Bertz CT molecular complexity index is 801. The van der Waals surface area contributed by atoms with Crippen LogP contribution in [-0.2, 0) is 4.74 Å². The first kappa shape index (κ1) is 22.2. The van der Waals surface area contributed by atoms with Gasteiger partial charge in [-0.25, -0.2) is 0 Å². The lowest BCUT2D eigenvalue weighted by molar-refractivity contribution is -0.292. The van der Waals surface area contributed by atoms with Gasteiger partial charge in [0, 0.05) is 5.41 Å². The number of rotatable bonds is 3. The highest BCUT2D eigenvalue weighted by Crippen LogP contribution is 2.76. The van der Waals surface area contributed by atoms with Crippen LogP contribution in [0, 0.1) is 39.4 Å². The van der Waals surface area contributed by atoms with Gasteiger partial charge in [0.05, 0.1) is 12.7 Å². The Morgan fingerprint density at radius 2 is 1.65 bits per heavy atom. The zero-order valence-electron chi connectivity index (χ0n) is 21.6. The molecule has 0 aromatic rings. The predicted octanol–water partition coefficient (Wildman–Crippen LogP) is 8.50. The van der Waals surface area contributed by atoms with Crippen LogP contribution in [0.2, 0.25) is 0 Å². The molecule has 0 N–H and O–H groups in total. The summed E-state index contributed by atoms with van der Waals surface area (Å²) in [6, 6.07) is 0. The molecule has 0 aromatic carbocycles. The van der Waals surface area contributed by atoms with Crippen molar-refractivity contribution in [1.29, 1.82) is 0 Å². The molecule has 5 aliphatic rings. The molecule has 174 valence electrons. The summed E-state index contributed by atoms with van der Waals surface area (Å²) in [4.78, 5) is 0. The fourth-order valence-corrected chi connectivity index (χ4v) is 10.2. The Hall–Kier alpha value is -0.560. The second kappa shape index (κ2) is 7.22. The number of hydrogen-bond donors (Lipinski definition) is 0. The van der Waals surface area contributed by atoms with Gasteiger partial charge in [-0.15, -0.1) is 0 Å². The minimum absolute atomic E-state index is 0.467. The van der Waals surface area contributed by atoms with Gasteiger partial charge in [-0.2, -0.15) is 0 Å². The lowest BCUT2D eigenvalue weighted by Crippen LogP contribution is -2.68. The standard InChI is InChI=1S/C30H48O/c1-20(2)9-8-10-21(3)22-13-17-29(6)23(22)11-12-25-27(4)16-15-26-28(5,19-31-26)24(27)14-18-30(25,29)7/h9,23-26H,8,10-19H2,1-7H3/t23-,24+,25-,26?,27-,28+,29-,30-/m0/s1. The summed E-state index contributed by atoms with van der Waals surface area (Å²) in [6.07, 6.45) is 16.8. The van der Waals surface area contributed by atoms with Gasteiger partial charge in [-0.05, 0) is 119 Å². The van der Waals surface area contributed by atoms with Crippen molar-refractivity contribution < 1.29 is 4.74 Å². The van der Waals surface area contributed by atoms with E-state index in [0.717, 1.165) is 24.4 Å². The molecule has 1 nitrogen and oxygen atoms in total. The lowest BCUT2D eigenvalue weighted by atomic mass is 9.35. The van der Waals surface area contributed by atoms with E-state index in [0.29, 0.717) is 27.8 Å². The van der Waals surface area contributed by atoms with E-state index in [1.165, 1.54) is 69.8 Å². The van der Waals surface area contributed by atoms with E-state index in [-0.39, 0.29) is 0 Å². The van der Waals surface area contributed by atoms with Crippen molar-refractivity contribution in [1.82, 2.24) is 0 Å². The van der Waals surface area contributed by atoms with Crippen molar-refractivity contribution in [3.63, 3.8) is 0 Å². The SMILES string of the molecule is CC(C)=CCCC(C)=C1CC[C@@]2(C)[C@H]1CC[C@H]1[C@@]3(C)CCC4OC[C@]4(C)[C@@H]3CC[C@@]12C. The van der Waals surface area contributed by atoms with Crippen molar-refractivity contribution >= 4 is 0 Å². The molecule has 5 rings (SSSR count). The molecule has 1 saturated heterocycles. The van der Waals surface area contributed by atoms with Crippen molar-refractivity contribution in [3.8, 4) is 0 Å². The monoisotopic (exact) mass is 424 g/mol. The van der Waals surface area contributed by atoms with Crippen molar-refractivity contribution in [2.75, 3.05) is 6.61 Å². The van der Waals surface area contributed by atoms with Gasteiger partial charge in [-0.3, -0.25) is 0 Å². The van der Waals surface area contributed by atoms with E-state index in [1.54, 1.807) is 5.57 Å². The average Bonchev–Trinajstić information content (AvgIpc) is 3.04. The average molecular weight is 425 g/mol. The number of ether oxygens (including phenoxy) is 1. The molecular weight excluding hydrogens is 376 g/mol. The smallest absolute Gasteiger partial charge is 0.0654 e. The summed E-state index contributed by atoms with van der Waals surface area (Å²) in [7, 11) is 0.